The molecule has 0 aliphatic heterocycles. The van der Waals surface area contributed by atoms with Crippen LogP contribution in [0.5, 0.6) is 0 Å². The van der Waals surface area contributed by atoms with Gasteiger partial charge in [0.1, 0.15) is 11.0 Å². The molecule has 2 rings (SSSR count). The third-order valence-corrected chi connectivity index (χ3v) is 4.30. The summed E-state index contributed by atoms with van der Waals surface area (Å²) < 4.78 is 37.3. The Bertz CT molecular complexity index is 698. The highest BCUT2D eigenvalue weighted by molar-refractivity contribution is 9.10. The maximum absolute atomic E-state index is 12.3. The molecule has 0 saturated carbocycles. The minimum atomic E-state index is -4.50. The van der Waals surface area contributed by atoms with Gasteiger partial charge in [-0.2, -0.15) is 18.3 Å². The summed E-state index contributed by atoms with van der Waals surface area (Å²) in [6.07, 6.45) is -3.31. The van der Waals surface area contributed by atoms with E-state index >= 15 is 0 Å². The van der Waals surface area contributed by atoms with Crippen molar-refractivity contribution in [1.29, 1.82) is 0 Å². The normalized spacial score (nSPS) is 11.7. The van der Waals surface area contributed by atoms with Crippen molar-refractivity contribution in [3.8, 4) is 0 Å². The number of rotatable bonds is 4. The zero-order valence-electron chi connectivity index (χ0n) is 10.7. The molecule has 2 aromatic rings. The van der Waals surface area contributed by atoms with E-state index in [1.807, 2.05) is 6.92 Å². The number of hydrogen-bond donors (Lipinski definition) is 1. The van der Waals surface area contributed by atoms with Crippen LogP contribution in [0.4, 0.5) is 18.9 Å². The number of aryl methyl sites for hydroxylation is 1. The van der Waals surface area contributed by atoms with Gasteiger partial charge in [0, 0.05) is 4.88 Å². The molecule has 2 aromatic heterocycles. The molecule has 1 N–H and O–H groups in total. The summed E-state index contributed by atoms with van der Waals surface area (Å²) in [5, 5.41) is 6.48. The number of nitrogens with zero attached hydrogens (tertiary/aromatic N) is 3. The fourth-order valence-corrected chi connectivity index (χ4v) is 2.71. The van der Waals surface area contributed by atoms with Crippen LogP contribution in [0, 0.1) is 6.92 Å². The first-order valence-electron chi connectivity index (χ1n) is 5.73. The van der Waals surface area contributed by atoms with Crippen LogP contribution in [0.15, 0.2) is 21.0 Å². The summed E-state index contributed by atoms with van der Waals surface area (Å²) in [5.74, 6) is 0. The number of hydrogen-bond acceptors (Lipinski definition) is 5. The smallest absolute Gasteiger partial charge is 0.378 e. The van der Waals surface area contributed by atoms with Gasteiger partial charge in [0.15, 0.2) is 0 Å². The number of nitrogens with one attached hydrogen (secondary N) is 1. The number of thiazole rings is 1. The van der Waals surface area contributed by atoms with Gasteiger partial charge in [-0.3, -0.25) is 4.79 Å². The number of aromatic nitrogens is 3. The first kappa shape index (κ1) is 16.0. The van der Waals surface area contributed by atoms with E-state index in [1.165, 1.54) is 17.5 Å². The quantitative estimate of drug-likeness (QED) is 0.882. The van der Waals surface area contributed by atoms with Crippen LogP contribution in [0.3, 0.4) is 0 Å². The summed E-state index contributed by atoms with van der Waals surface area (Å²) in [7, 11) is 0. The predicted octanol–water partition coefficient (Wildman–Crippen LogP) is 2.95. The predicted molar refractivity (Wildman–Crippen MR) is 76.4 cm³/mol. The van der Waals surface area contributed by atoms with Crippen molar-refractivity contribution in [3.63, 3.8) is 0 Å². The molecule has 5 nitrogen and oxygen atoms in total. The van der Waals surface area contributed by atoms with Crippen molar-refractivity contribution in [1.82, 2.24) is 14.8 Å². The summed E-state index contributed by atoms with van der Waals surface area (Å²) in [6.45, 7) is 0.848. The van der Waals surface area contributed by atoms with Gasteiger partial charge in [-0.15, -0.1) is 11.3 Å². The van der Waals surface area contributed by atoms with Crippen LogP contribution < -0.4 is 10.9 Å². The molecule has 0 unspecified atom stereocenters. The molecule has 0 amide bonds. The van der Waals surface area contributed by atoms with Gasteiger partial charge in [-0.25, -0.2) is 9.67 Å². The Morgan fingerprint density at radius 1 is 1.48 bits per heavy atom. The Kier molecular flexibility index (Phi) is 4.67. The molecule has 0 radical (unpaired) electrons. The molecule has 0 bridgehead atoms. The Hall–Kier alpha value is -1.42. The minimum absolute atomic E-state index is 0.0175. The first-order chi connectivity index (χ1) is 9.78. The van der Waals surface area contributed by atoms with E-state index in [-0.39, 0.29) is 4.47 Å². The van der Waals surface area contributed by atoms with Gasteiger partial charge in [0.05, 0.1) is 29.6 Å². The second-order valence-corrected chi connectivity index (χ2v) is 5.90. The average Bonchev–Trinajstić information content (AvgIpc) is 2.78. The highest BCUT2D eigenvalue weighted by Gasteiger charge is 2.29. The first-order valence-corrected chi connectivity index (χ1v) is 7.40. The Labute approximate surface area is 130 Å². The summed E-state index contributed by atoms with van der Waals surface area (Å²) >= 11 is 4.45. The molecule has 0 fully saturated rings. The molecular formula is C11H10BrF3N4OS. The molecule has 2 heterocycles. The molecule has 21 heavy (non-hydrogen) atoms. The van der Waals surface area contributed by atoms with Crippen LogP contribution in [0.25, 0.3) is 0 Å². The van der Waals surface area contributed by atoms with Crippen molar-refractivity contribution >= 4 is 33.0 Å². The molecule has 0 aliphatic rings. The number of anilines is 1. The lowest BCUT2D eigenvalue weighted by Gasteiger charge is -2.11. The summed E-state index contributed by atoms with van der Waals surface area (Å²) in [5.41, 5.74) is 2.06. The fraction of sp³-hybridized carbons (Fsp3) is 0.364. The van der Waals surface area contributed by atoms with E-state index in [1.54, 1.807) is 5.51 Å². The minimum Gasteiger partial charge on any atom is -0.378 e. The van der Waals surface area contributed by atoms with E-state index in [2.05, 4.69) is 31.3 Å². The van der Waals surface area contributed by atoms with E-state index in [0.29, 0.717) is 16.9 Å². The van der Waals surface area contributed by atoms with Crippen LogP contribution in [0.1, 0.15) is 10.6 Å². The van der Waals surface area contributed by atoms with Gasteiger partial charge in [-0.1, -0.05) is 0 Å². The topological polar surface area (TPSA) is 59.8 Å². The molecule has 0 aliphatic carbocycles. The van der Waals surface area contributed by atoms with Gasteiger partial charge in [0.25, 0.3) is 5.56 Å². The highest BCUT2D eigenvalue weighted by atomic mass is 79.9. The number of halogens is 4. The third-order valence-electron chi connectivity index (χ3n) is 2.60. The Morgan fingerprint density at radius 3 is 2.76 bits per heavy atom. The van der Waals surface area contributed by atoms with Crippen LogP contribution in [0.2, 0.25) is 0 Å². The van der Waals surface area contributed by atoms with Crippen molar-refractivity contribution < 1.29 is 13.2 Å². The molecule has 0 spiro atoms. The summed E-state index contributed by atoms with van der Waals surface area (Å²) in [4.78, 5) is 16.9. The van der Waals surface area contributed by atoms with Gasteiger partial charge < -0.3 is 5.32 Å². The van der Waals surface area contributed by atoms with E-state index in [0.717, 1.165) is 10.6 Å². The lowest BCUT2D eigenvalue weighted by molar-refractivity contribution is -0.143. The van der Waals surface area contributed by atoms with Crippen molar-refractivity contribution in [2.24, 2.45) is 0 Å². The standard InChI is InChI=1S/C11H10BrF3N4OS/c1-6-8(21-5-17-6)3-16-7-2-18-19(4-11(13,14)15)10(20)9(7)12/h2,5,16H,3-4H2,1H3. The largest absolute Gasteiger partial charge is 0.408 e. The molecule has 10 heteroatoms. The molecule has 0 saturated heterocycles. The van der Waals surface area contributed by atoms with Crippen molar-refractivity contribution in [2.45, 2.75) is 26.2 Å². The molecule has 0 aromatic carbocycles. The van der Waals surface area contributed by atoms with Crippen LogP contribution in [-0.2, 0) is 13.1 Å². The fourth-order valence-electron chi connectivity index (χ4n) is 1.54. The lowest BCUT2D eigenvalue weighted by Crippen LogP contribution is -2.31. The van der Waals surface area contributed by atoms with E-state index in [4.69, 9.17) is 0 Å². The molecular weight excluding hydrogens is 373 g/mol. The maximum atomic E-state index is 12.3. The monoisotopic (exact) mass is 382 g/mol. The molecule has 114 valence electrons. The molecule has 0 atom stereocenters. The van der Waals surface area contributed by atoms with Crippen LogP contribution in [-0.4, -0.2) is 20.9 Å². The van der Waals surface area contributed by atoms with E-state index < -0.39 is 18.3 Å². The summed E-state index contributed by atoms with van der Waals surface area (Å²) in [6, 6.07) is 0. The Balaban J connectivity index is 2.17. The maximum Gasteiger partial charge on any atom is 0.408 e. The second-order valence-electron chi connectivity index (χ2n) is 4.16. The van der Waals surface area contributed by atoms with Crippen molar-refractivity contribution in [3.05, 3.63) is 37.1 Å². The zero-order chi connectivity index (χ0) is 15.6. The Morgan fingerprint density at radius 2 is 2.19 bits per heavy atom. The highest BCUT2D eigenvalue weighted by Crippen LogP contribution is 2.21. The lowest BCUT2D eigenvalue weighted by atomic mass is 10.3. The third kappa shape index (κ3) is 4.03. The average molecular weight is 383 g/mol. The van der Waals surface area contributed by atoms with Gasteiger partial charge >= 0.3 is 6.18 Å². The van der Waals surface area contributed by atoms with Crippen LogP contribution >= 0.6 is 27.3 Å². The second kappa shape index (κ2) is 6.14. The zero-order valence-corrected chi connectivity index (χ0v) is 13.1. The van der Waals surface area contributed by atoms with Crippen molar-refractivity contribution in [2.75, 3.05) is 5.32 Å². The SMILES string of the molecule is Cc1ncsc1CNc1cnn(CC(F)(F)F)c(=O)c1Br. The van der Waals surface area contributed by atoms with Gasteiger partial charge in [-0.05, 0) is 22.9 Å². The van der Waals surface area contributed by atoms with Gasteiger partial charge in [0.2, 0.25) is 0 Å². The number of alkyl halides is 3. The van der Waals surface area contributed by atoms with E-state index in [9.17, 15) is 18.0 Å².